The molecule has 0 aromatic heterocycles. The summed E-state index contributed by atoms with van der Waals surface area (Å²) < 4.78 is 4.38. The number of carbonyl (C=O) groups is 2. The van der Waals surface area contributed by atoms with E-state index in [1.54, 1.807) is 0 Å². The molecule has 13 heavy (non-hydrogen) atoms. The Morgan fingerprint density at radius 1 is 1.31 bits per heavy atom. The molecule has 0 saturated carbocycles. The lowest BCUT2D eigenvalue weighted by atomic mass is 10.4. The van der Waals surface area contributed by atoms with E-state index in [2.05, 4.69) is 9.57 Å². The fourth-order valence-electron chi connectivity index (χ4n) is 1.15. The topological polar surface area (TPSA) is 96.3 Å². The fourth-order valence-corrected chi connectivity index (χ4v) is 1.15. The van der Waals surface area contributed by atoms with Crippen molar-refractivity contribution in [2.45, 2.75) is 19.1 Å². The number of rotatable bonds is 2. The largest absolute Gasteiger partial charge is 0.525 e. The Kier molecular flexibility index (Phi) is 2.91. The van der Waals surface area contributed by atoms with Crippen molar-refractivity contribution in [1.82, 2.24) is 5.06 Å². The molecule has 0 bridgehead atoms. The van der Waals surface area contributed by atoms with E-state index in [1.165, 1.54) is 0 Å². The minimum Gasteiger partial charge on any atom is -0.450 e. The van der Waals surface area contributed by atoms with Crippen molar-refractivity contribution in [3.8, 4) is 0 Å². The van der Waals surface area contributed by atoms with Crippen molar-refractivity contribution >= 4 is 12.3 Å². The minimum atomic E-state index is -1.47. The van der Waals surface area contributed by atoms with Crippen LogP contribution in [-0.2, 0) is 9.57 Å². The Bertz CT molecular complexity index is 195. The molecule has 0 unspecified atom stereocenters. The van der Waals surface area contributed by atoms with Crippen LogP contribution >= 0.6 is 0 Å². The first-order valence-corrected chi connectivity index (χ1v) is 3.66. The number of hydrogen-bond acceptors (Lipinski definition) is 5. The van der Waals surface area contributed by atoms with E-state index in [-0.39, 0.29) is 0 Å². The molecule has 0 radical (unpaired) electrons. The van der Waals surface area contributed by atoms with Crippen molar-refractivity contribution in [2.24, 2.45) is 0 Å². The third-order valence-electron chi connectivity index (χ3n) is 1.58. The average Bonchev–Trinajstić information content (AvgIpc) is 2.34. The lowest BCUT2D eigenvalue weighted by molar-refractivity contribution is -0.188. The van der Waals surface area contributed by atoms with Gasteiger partial charge in [0.1, 0.15) is 0 Å². The Labute approximate surface area is 73.4 Å². The molecule has 0 aliphatic carbocycles. The molecule has 1 aliphatic heterocycles. The van der Waals surface area contributed by atoms with Gasteiger partial charge in [-0.2, -0.15) is 0 Å². The van der Waals surface area contributed by atoms with Crippen LogP contribution in [0.3, 0.4) is 0 Å². The molecular formula is C6H9NO6. The molecule has 74 valence electrons. The maximum absolute atomic E-state index is 10.1. The third-order valence-corrected chi connectivity index (χ3v) is 1.58. The molecule has 1 aliphatic rings. The van der Waals surface area contributed by atoms with Gasteiger partial charge < -0.3 is 19.8 Å². The molecular weight excluding hydrogens is 182 g/mol. The zero-order valence-electron chi connectivity index (χ0n) is 6.67. The normalized spacial score (nSPS) is 22.6. The van der Waals surface area contributed by atoms with Crippen molar-refractivity contribution < 1.29 is 29.4 Å². The Balaban J connectivity index is 2.43. The summed E-state index contributed by atoms with van der Waals surface area (Å²) in [5.41, 5.74) is 0. The molecule has 1 rings (SSSR count). The SMILES string of the molecule is O=C(O)O[C@H]1CCCN1OC(=O)O. The van der Waals surface area contributed by atoms with Crippen LogP contribution in [0.4, 0.5) is 9.59 Å². The molecule has 1 heterocycles. The summed E-state index contributed by atoms with van der Waals surface area (Å²) in [4.78, 5) is 24.5. The van der Waals surface area contributed by atoms with Gasteiger partial charge >= 0.3 is 12.3 Å². The monoisotopic (exact) mass is 191 g/mol. The van der Waals surface area contributed by atoms with Crippen molar-refractivity contribution in [2.75, 3.05) is 6.54 Å². The molecule has 7 nitrogen and oxygen atoms in total. The highest BCUT2D eigenvalue weighted by Crippen LogP contribution is 2.18. The van der Waals surface area contributed by atoms with Crippen LogP contribution in [0, 0.1) is 0 Å². The minimum absolute atomic E-state index is 0.351. The highest BCUT2D eigenvalue weighted by Gasteiger charge is 2.31. The summed E-state index contributed by atoms with van der Waals surface area (Å²) >= 11 is 0. The van der Waals surface area contributed by atoms with E-state index in [4.69, 9.17) is 10.2 Å². The summed E-state index contributed by atoms with van der Waals surface area (Å²) in [5, 5.41) is 17.5. The average molecular weight is 191 g/mol. The van der Waals surface area contributed by atoms with Crippen molar-refractivity contribution in [1.29, 1.82) is 0 Å². The number of nitrogens with zero attached hydrogens (tertiary/aromatic N) is 1. The smallest absolute Gasteiger partial charge is 0.450 e. The molecule has 0 aromatic rings. The van der Waals surface area contributed by atoms with Crippen LogP contribution in [0.25, 0.3) is 0 Å². The summed E-state index contributed by atoms with van der Waals surface area (Å²) in [6, 6.07) is 0. The predicted molar refractivity (Wildman–Crippen MR) is 37.9 cm³/mol. The van der Waals surface area contributed by atoms with Crippen molar-refractivity contribution in [3.63, 3.8) is 0 Å². The van der Waals surface area contributed by atoms with Crippen LogP contribution in [0.15, 0.2) is 0 Å². The van der Waals surface area contributed by atoms with E-state index < -0.39 is 18.5 Å². The number of carboxylic acid groups (broad SMARTS) is 2. The molecule has 2 N–H and O–H groups in total. The zero-order valence-corrected chi connectivity index (χ0v) is 6.67. The fraction of sp³-hybridized carbons (Fsp3) is 0.667. The van der Waals surface area contributed by atoms with E-state index in [1.807, 2.05) is 0 Å². The Morgan fingerprint density at radius 2 is 2.00 bits per heavy atom. The highest BCUT2D eigenvalue weighted by molar-refractivity contribution is 5.57. The second-order valence-electron chi connectivity index (χ2n) is 2.48. The molecule has 1 fully saturated rings. The Morgan fingerprint density at radius 3 is 2.54 bits per heavy atom. The standard InChI is InChI=1S/C6H9NO6/c8-5(9)12-4-2-1-3-7(4)13-6(10)11/h4H,1-3H2,(H,8,9)(H,10,11)/t4-/m0/s1. The molecule has 1 saturated heterocycles. The van der Waals surface area contributed by atoms with Crippen LogP contribution < -0.4 is 0 Å². The summed E-state index contributed by atoms with van der Waals surface area (Å²) in [5.74, 6) is 0. The number of hydrogen-bond donors (Lipinski definition) is 2. The van der Waals surface area contributed by atoms with E-state index in [9.17, 15) is 9.59 Å². The van der Waals surface area contributed by atoms with E-state index in [0.29, 0.717) is 19.4 Å². The second kappa shape index (κ2) is 3.94. The van der Waals surface area contributed by atoms with Crippen LogP contribution in [0.2, 0.25) is 0 Å². The molecule has 7 heteroatoms. The summed E-state index contributed by atoms with van der Waals surface area (Å²) in [6.07, 6.45) is -2.63. The molecule has 1 atom stereocenters. The van der Waals surface area contributed by atoms with Crippen LogP contribution in [0.5, 0.6) is 0 Å². The van der Waals surface area contributed by atoms with Gasteiger partial charge in [0.05, 0.1) is 0 Å². The first kappa shape index (κ1) is 9.59. The van der Waals surface area contributed by atoms with Gasteiger partial charge in [-0.05, 0) is 6.42 Å². The van der Waals surface area contributed by atoms with Gasteiger partial charge in [-0.1, -0.05) is 5.06 Å². The lowest BCUT2D eigenvalue weighted by Crippen LogP contribution is -2.34. The predicted octanol–water partition coefficient (Wildman–Crippen LogP) is 0.713. The summed E-state index contributed by atoms with van der Waals surface area (Å²) in [6.45, 7) is 0.351. The maximum atomic E-state index is 10.1. The molecule has 0 spiro atoms. The van der Waals surface area contributed by atoms with Gasteiger partial charge in [0, 0.05) is 13.0 Å². The van der Waals surface area contributed by atoms with Gasteiger partial charge in [-0.3, -0.25) is 0 Å². The molecule has 0 amide bonds. The third kappa shape index (κ3) is 2.79. The van der Waals surface area contributed by atoms with Crippen LogP contribution in [0.1, 0.15) is 12.8 Å². The van der Waals surface area contributed by atoms with Gasteiger partial charge in [0.15, 0.2) is 6.23 Å². The first-order chi connectivity index (χ1) is 6.09. The van der Waals surface area contributed by atoms with Gasteiger partial charge in [0.2, 0.25) is 0 Å². The zero-order chi connectivity index (χ0) is 9.84. The molecule has 0 aromatic carbocycles. The Hall–Kier alpha value is -1.50. The van der Waals surface area contributed by atoms with Crippen LogP contribution in [-0.4, -0.2) is 40.4 Å². The van der Waals surface area contributed by atoms with E-state index >= 15 is 0 Å². The maximum Gasteiger partial charge on any atom is 0.525 e. The number of ether oxygens (including phenoxy) is 1. The van der Waals surface area contributed by atoms with Gasteiger partial charge in [0.25, 0.3) is 0 Å². The van der Waals surface area contributed by atoms with Gasteiger partial charge in [-0.15, -0.1) is 0 Å². The second-order valence-corrected chi connectivity index (χ2v) is 2.48. The lowest BCUT2D eigenvalue weighted by Gasteiger charge is -2.19. The first-order valence-electron chi connectivity index (χ1n) is 3.66. The van der Waals surface area contributed by atoms with E-state index in [0.717, 1.165) is 5.06 Å². The number of hydroxylamine groups is 2. The summed E-state index contributed by atoms with van der Waals surface area (Å²) in [7, 11) is 0. The highest BCUT2D eigenvalue weighted by atomic mass is 16.8. The van der Waals surface area contributed by atoms with Gasteiger partial charge in [-0.25, -0.2) is 9.59 Å². The quantitative estimate of drug-likeness (QED) is 0.620. The van der Waals surface area contributed by atoms with Crippen molar-refractivity contribution in [3.05, 3.63) is 0 Å².